The topological polar surface area (TPSA) is 25.6 Å². The molecule has 116 valence electrons. The zero-order valence-corrected chi connectivity index (χ0v) is 13.6. The van der Waals surface area contributed by atoms with Crippen LogP contribution in [0.3, 0.4) is 0 Å². The lowest BCUT2D eigenvalue weighted by Gasteiger charge is -2.22. The minimum atomic E-state index is 0.256. The summed E-state index contributed by atoms with van der Waals surface area (Å²) in [6, 6.07) is 10.5. The molecule has 3 nitrogen and oxygen atoms in total. The van der Waals surface area contributed by atoms with Gasteiger partial charge < -0.3 is 9.15 Å². The zero-order valence-electron chi connectivity index (χ0n) is 13.6. The molecule has 0 aliphatic heterocycles. The molecule has 1 heterocycles. The first kappa shape index (κ1) is 16.1. The van der Waals surface area contributed by atoms with E-state index in [-0.39, 0.29) is 6.04 Å². The number of rotatable bonds is 8. The zero-order chi connectivity index (χ0) is 15.2. The first-order valence-electron chi connectivity index (χ1n) is 7.84. The summed E-state index contributed by atoms with van der Waals surface area (Å²) in [6.07, 6.45) is 1.13. The Kier molecular flexibility index (Phi) is 5.83. The Balaban J connectivity index is 1.82. The summed E-state index contributed by atoms with van der Waals surface area (Å²) in [5.41, 5.74) is 0.959. The van der Waals surface area contributed by atoms with Crippen molar-refractivity contribution in [2.45, 2.75) is 33.2 Å². The van der Waals surface area contributed by atoms with Gasteiger partial charge in [-0.1, -0.05) is 32.0 Å². The molecule has 0 aliphatic rings. The first-order chi connectivity index (χ1) is 10.1. The van der Waals surface area contributed by atoms with Crippen LogP contribution < -0.4 is 0 Å². The molecule has 0 saturated carbocycles. The van der Waals surface area contributed by atoms with Crippen molar-refractivity contribution in [3.8, 4) is 0 Å². The molecular formula is C18H27NO2. The molecular weight excluding hydrogens is 262 g/mol. The van der Waals surface area contributed by atoms with Crippen molar-refractivity contribution in [3.63, 3.8) is 0 Å². The Bertz CT molecular complexity index is 514. The average molecular weight is 289 g/mol. The summed E-state index contributed by atoms with van der Waals surface area (Å²) in [4.78, 5) is 2.27. The van der Waals surface area contributed by atoms with Gasteiger partial charge in [-0.3, -0.25) is 4.90 Å². The number of para-hydroxylation sites is 1. The predicted molar refractivity (Wildman–Crippen MR) is 87.5 cm³/mol. The van der Waals surface area contributed by atoms with Gasteiger partial charge in [-0.25, -0.2) is 0 Å². The number of ether oxygens (including phenoxy) is 1. The maximum Gasteiger partial charge on any atom is 0.134 e. The molecule has 2 aromatic rings. The standard InChI is InChI=1S/C18H27NO2/c1-14(2)9-11-20-12-10-19(4)15(3)18-13-16-7-5-6-8-17(16)21-18/h5-8,13-15H,9-12H2,1-4H3. The molecule has 1 aromatic heterocycles. The van der Waals surface area contributed by atoms with Gasteiger partial charge in [0, 0.05) is 18.5 Å². The Labute approximate surface area is 127 Å². The summed E-state index contributed by atoms with van der Waals surface area (Å²) in [5.74, 6) is 1.72. The second-order valence-electron chi connectivity index (χ2n) is 6.14. The normalized spacial score (nSPS) is 13.4. The monoisotopic (exact) mass is 289 g/mol. The SMILES string of the molecule is CC(C)CCOCCN(C)C(C)c1cc2ccccc2o1. The molecule has 3 heteroatoms. The van der Waals surface area contributed by atoms with Gasteiger partial charge in [0.2, 0.25) is 0 Å². The molecule has 1 aromatic carbocycles. The van der Waals surface area contributed by atoms with Crippen molar-refractivity contribution in [1.82, 2.24) is 4.90 Å². The van der Waals surface area contributed by atoms with Crippen molar-refractivity contribution >= 4 is 11.0 Å². The van der Waals surface area contributed by atoms with E-state index in [1.807, 2.05) is 18.2 Å². The van der Waals surface area contributed by atoms with Gasteiger partial charge in [0.1, 0.15) is 11.3 Å². The van der Waals surface area contributed by atoms with E-state index >= 15 is 0 Å². The highest BCUT2D eigenvalue weighted by atomic mass is 16.5. The van der Waals surface area contributed by atoms with Crippen molar-refractivity contribution in [2.75, 3.05) is 26.8 Å². The Hall–Kier alpha value is -1.32. The van der Waals surface area contributed by atoms with E-state index in [0.29, 0.717) is 5.92 Å². The Morgan fingerprint density at radius 2 is 1.90 bits per heavy atom. The lowest BCUT2D eigenvalue weighted by Crippen LogP contribution is -2.26. The number of hydrogen-bond donors (Lipinski definition) is 0. The largest absolute Gasteiger partial charge is 0.459 e. The van der Waals surface area contributed by atoms with Crippen LogP contribution in [0.4, 0.5) is 0 Å². The van der Waals surface area contributed by atoms with Crippen LogP contribution in [0.5, 0.6) is 0 Å². The second-order valence-corrected chi connectivity index (χ2v) is 6.14. The number of benzene rings is 1. The van der Waals surface area contributed by atoms with Crippen molar-refractivity contribution in [2.24, 2.45) is 5.92 Å². The van der Waals surface area contributed by atoms with Gasteiger partial charge >= 0.3 is 0 Å². The van der Waals surface area contributed by atoms with Crippen LogP contribution in [0.15, 0.2) is 34.7 Å². The summed E-state index contributed by atoms with van der Waals surface area (Å²) in [5, 5.41) is 1.17. The number of nitrogens with zero attached hydrogens (tertiary/aromatic N) is 1. The number of hydrogen-bond acceptors (Lipinski definition) is 3. The maximum absolute atomic E-state index is 5.93. The van der Waals surface area contributed by atoms with Crippen molar-refractivity contribution < 1.29 is 9.15 Å². The highest BCUT2D eigenvalue weighted by Crippen LogP contribution is 2.26. The van der Waals surface area contributed by atoms with Crippen LogP contribution >= 0.6 is 0 Å². The highest BCUT2D eigenvalue weighted by molar-refractivity contribution is 5.77. The minimum Gasteiger partial charge on any atom is -0.459 e. The molecule has 2 rings (SSSR count). The number of likely N-dealkylation sites (N-methyl/N-ethyl adjacent to an activating group) is 1. The molecule has 0 aliphatic carbocycles. The van der Waals surface area contributed by atoms with E-state index in [2.05, 4.69) is 44.9 Å². The fourth-order valence-corrected chi connectivity index (χ4v) is 2.25. The molecule has 0 amide bonds. The average Bonchev–Trinajstić information content (AvgIpc) is 2.89. The number of fused-ring (bicyclic) bond motifs is 1. The number of furan rings is 1. The molecule has 1 atom stereocenters. The Morgan fingerprint density at radius 3 is 2.62 bits per heavy atom. The van der Waals surface area contributed by atoms with E-state index in [1.165, 1.54) is 5.39 Å². The molecule has 0 fully saturated rings. The van der Waals surface area contributed by atoms with Crippen LogP contribution in [-0.4, -0.2) is 31.7 Å². The quantitative estimate of drug-likeness (QED) is 0.670. The van der Waals surface area contributed by atoms with Gasteiger partial charge in [0.25, 0.3) is 0 Å². The predicted octanol–water partition coefficient (Wildman–Crippen LogP) is 4.49. The summed E-state index contributed by atoms with van der Waals surface area (Å²) in [7, 11) is 2.11. The molecule has 0 saturated heterocycles. The molecule has 0 radical (unpaired) electrons. The second kappa shape index (κ2) is 7.62. The third-order valence-electron chi connectivity index (χ3n) is 3.95. The van der Waals surface area contributed by atoms with E-state index in [9.17, 15) is 0 Å². The molecule has 0 bridgehead atoms. The maximum atomic E-state index is 5.93. The van der Waals surface area contributed by atoms with E-state index < -0.39 is 0 Å². The summed E-state index contributed by atoms with van der Waals surface area (Å²) >= 11 is 0. The lowest BCUT2D eigenvalue weighted by molar-refractivity contribution is 0.0906. The fraction of sp³-hybridized carbons (Fsp3) is 0.556. The summed E-state index contributed by atoms with van der Waals surface area (Å²) in [6.45, 7) is 9.15. The van der Waals surface area contributed by atoms with Crippen molar-refractivity contribution in [1.29, 1.82) is 0 Å². The van der Waals surface area contributed by atoms with E-state index in [4.69, 9.17) is 9.15 Å². The third kappa shape index (κ3) is 4.58. The fourth-order valence-electron chi connectivity index (χ4n) is 2.25. The van der Waals surface area contributed by atoms with Gasteiger partial charge in [0.05, 0.1) is 12.6 Å². The Morgan fingerprint density at radius 1 is 1.14 bits per heavy atom. The van der Waals surface area contributed by atoms with Crippen LogP contribution in [0, 0.1) is 5.92 Å². The highest BCUT2D eigenvalue weighted by Gasteiger charge is 2.15. The smallest absolute Gasteiger partial charge is 0.134 e. The minimum absolute atomic E-state index is 0.256. The molecule has 21 heavy (non-hydrogen) atoms. The lowest BCUT2D eigenvalue weighted by atomic mass is 10.1. The van der Waals surface area contributed by atoms with E-state index in [1.54, 1.807) is 0 Å². The molecule has 1 unspecified atom stereocenters. The van der Waals surface area contributed by atoms with Gasteiger partial charge in [-0.15, -0.1) is 0 Å². The molecule has 0 spiro atoms. The van der Waals surface area contributed by atoms with E-state index in [0.717, 1.165) is 37.5 Å². The van der Waals surface area contributed by atoms with Crippen LogP contribution in [0.2, 0.25) is 0 Å². The van der Waals surface area contributed by atoms with Gasteiger partial charge in [-0.2, -0.15) is 0 Å². The third-order valence-corrected chi connectivity index (χ3v) is 3.95. The van der Waals surface area contributed by atoms with Gasteiger partial charge in [-0.05, 0) is 38.4 Å². The van der Waals surface area contributed by atoms with Crippen LogP contribution in [-0.2, 0) is 4.74 Å². The van der Waals surface area contributed by atoms with Gasteiger partial charge in [0.15, 0.2) is 0 Å². The van der Waals surface area contributed by atoms with Crippen molar-refractivity contribution in [3.05, 3.63) is 36.1 Å². The van der Waals surface area contributed by atoms with Crippen LogP contribution in [0.1, 0.15) is 39.0 Å². The van der Waals surface area contributed by atoms with Crippen LogP contribution in [0.25, 0.3) is 11.0 Å². The molecule has 0 N–H and O–H groups in total. The summed E-state index contributed by atoms with van der Waals surface area (Å²) < 4.78 is 11.6. The first-order valence-corrected chi connectivity index (χ1v) is 7.84.